The van der Waals surface area contributed by atoms with Crippen molar-refractivity contribution in [3.05, 3.63) is 57.1 Å². The number of hydrogen-bond donors (Lipinski definition) is 1. The van der Waals surface area contributed by atoms with Gasteiger partial charge in [-0.05, 0) is 44.5 Å². The van der Waals surface area contributed by atoms with Crippen molar-refractivity contribution in [2.75, 3.05) is 7.11 Å². The van der Waals surface area contributed by atoms with Crippen LogP contribution in [-0.2, 0) is 9.47 Å². The highest BCUT2D eigenvalue weighted by atomic mass is 35.5. The molecule has 2 rings (SSSR count). The Labute approximate surface area is 154 Å². The minimum absolute atomic E-state index is 0.0534. The van der Waals surface area contributed by atoms with Gasteiger partial charge < -0.3 is 14.5 Å². The van der Waals surface area contributed by atoms with Crippen molar-refractivity contribution < 1.29 is 28.2 Å². The summed E-state index contributed by atoms with van der Waals surface area (Å²) in [6, 6.07) is 3.22. The molecule has 6 nitrogen and oxygen atoms in total. The maximum Gasteiger partial charge on any atom is 0.340 e. The van der Waals surface area contributed by atoms with Gasteiger partial charge in [-0.25, -0.2) is 14.0 Å². The van der Waals surface area contributed by atoms with Crippen molar-refractivity contribution in [2.24, 2.45) is 0 Å². The molecule has 0 saturated carbocycles. The molecule has 138 valence electrons. The number of aromatic nitrogens is 1. The van der Waals surface area contributed by atoms with E-state index in [2.05, 4.69) is 4.98 Å². The van der Waals surface area contributed by atoms with Crippen molar-refractivity contribution in [2.45, 2.75) is 26.9 Å². The molecule has 0 aliphatic rings. The number of hydrogen-bond acceptors (Lipinski definition) is 5. The van der Waals surface area contributed by atoms with E-state index in [0.717, 1.165) is 12.1 Å². The van der Waals surface area contributed by atoms with Gasteiger partial charge in [-0.15, -0.1) is 0 Å². The lowest BCUT2D eigenvalue weighted by molar-refractivity contribution is 0.0317. The molecule has 1 aromatic carbocycles. The van der Waals surface area contributed by atoms with E-state index in [1.807, 2.05) is 0 Å². The van der Waals surface area contributed by atoms with Crippen molar-refractivity contribution in [3.63, 3.8) is 0 Å². The molecule has 8 heteroatoms. The summed E-state index contributed by atoms with van der Waals surface area (Å²) in [6.45, 7) is 4.62. The first-order valence-electron chi connectivity index (χ1n) is 7.65. The number of nitrogens with one attached hydrogen (secondary N) is 1. The third-order valence-corrected chi connectivity index (χ3v) is 4.19. The Balaban J connectivity index is 2.22. The molecule has 1 N–H and O–H groups in total. The quantitative estimate of drug-likeness (QED) is 0.631. The lowest BCUT2D eigenvalue weighted by Gasteiger charge is -2.13. The molecule has 0 saturated heterocycles. The SMILES string of the molecule is COC(=O)c1c(C)[nH]c(C(=O)[C@@H](C)OC(=O)c2ccc(F)cc2Cl)c1C. The molecule has 1 heterocycles. The average molecular weight is 382 g/mol. The zero-order valence-corrected chi connectivity index (χ0v) is 15.4. The van der Waals surface area contributed by atoms with Crippen molar-refractivity contribution in [3.8, 4) is 0 Å². The number of aryl methyl sites for hydroxylation is 1. The van der Waals surface area contributed by atoms with Gasteiger partial charge in [-0.1, -0.05) is 11.6 Å². The monoisotopic (exact) mass is 381 g/mol. The number of carbonyl (C=O) groups is 3. The molecule has 0 fully saturated rings. The standard InChI is InChI=1S/C18H17ClFNO5/c1-8-14(18(24)25-4)9(2)21-15(8)16(22)10(3)26-17(23)12-6-5-11(20)7-13(12)19/h5-7,10,21H,1-4H3/t10-/m1/s1. The Morgan fingerprint density at radius 2 is 1.85 bits per heavy atom. The summed E-state index contributed by atoms with van der Waals surface area (Å²) in [6.07, 6.45) is -1.15. The van der Waals surface area contributed by atoms with Gasteiger partial charge in [0.25, 0.3) is 0 Å². The van der Waals surface area contributed by atoms with Crippen molar-refractivity contribution >= 4 is 29.3 Å². The topological polar surface area (TPSA) is 85.5 Å². The fourth-order valence-electron chi connectivity index (χ4n) is 2.54. The van der Waals surface area contributed by atoms with Gasteiger partial charge in [0, 0.05) is 5.69 Å². The smallest absolute Gasteiger partial charge is 0.340 e. The summed E-state index contributed by atoms with van der Waals surface area (Å²) < 4.78 is 22.9. The Morgan fingerprint density at radius 3 is 2.42 bits per heavy atom. The van der Waals surface area contributed by atoms with E-state index in [-0.39, 0.29) is 21.8 Å². The molecule has 1 aromatic heterocycles. The van der Waals surface area contributed by atoms with E-state index < -0.39 is 29.6 Å². The summed E-state index contributed by atoms with van der Waals surface area (Å²) in [7, 11) is 1.24. The van der Waals surface area contributed by atoms with Gasteiger partial charge in [0.15, 0.2) is 6.10 Å². The minimum Gasteiger partial charge on any atom is -0.465 e. The van der Waals surface area contributed by atoms with E-state index in [1.54, 1.807) is 13.8 Å². The maximum atomic E-state index is 13.1. The average Bonchev–Trinajstić information content (AvgIpc) is 2.87. The molecule has 0 amide bonds. The summed E-state index contributed by atoms with van der Waals surface area (Å²) >= 11 is 5.82. The van der Waals surface area contributed by atoms with Gasteiger partial charge in [-0.2, -0.15) is 0 Å². The lowest BCUT2D eigenvalue weighted by atomic mass is 10.1. The van der Waals surface area contributed by atoms with E-state index >= 15 is 0 Å². The van der Waals surface area contributed by atoms with Gasteiger partial charge >= 0.3 is 11.9 Å². The summed E-state index contributed by atoms with van der Waals surface area (Å²) in [4.78, 5) is 39.4. The second kappa shape index (κ2) is 7.70. The second-order valence-electron chi connectivity index (χ2n) is 5.65. The molecule has 2 aromatic rings. The van der Waals surface area contributed by atoms with Crippen LogP contribution in [0.2, 0.25) is 5.02 Å². The molecular formula is C18H17ClFNO5. The van der Waals surface area contributed by atoms with Crippen molar-refractivity contribution in [1.82, 2.24) is 4.98 Å². The van der Waals surface area contributed by atoms with Crippen molar-refractivity contribution in [1.29, 1.82) is 0 Å². The van der Waals surface area contributed by atoms with Crippen LogP contribution < -0.4 is 0 Å². The van der Waals surface area contributed by atoms with Gasteiger partial charge in [0.2, 0.25) is 5.78 Å². The highest BCUT2D eigenvalue weighted by Crippen LogP contribution is 2.22. The number of aromatic amines is 1. The van der Waals surface area contributed by atoms with Gasteiger partial charge in [-0.3, -0.25) is 4.79 Å². The van der Waals surface area contributed by atoms with Crippen LogP contribution in [0.5, 0.6) is 0 Å². The highest BCUT2D eigenvalue weighted by Gasteiger charge is 2.28. The molecular weight excluding hydrogens is 365 g/mol. The molecule has 0 bridgehead atoms. The number of ether oxygens (including phenoxy) is 2. The molecule has 0 unspecified atom stereocenters. The number of esters is 2. The fourth-order valence-corrected chi connectivity index (χ4v) is 2.78. The number of halogens is 2. The first-order valence-corrected chi connectivity index (χ1v) is 8.02. The van der Waals surface area contributed by atoms with E-state index in [9.17, 15) is 18.8 Å². The first kappa shape index (κ1) is 19.7. The number of rotatable bonds is 5. The van der Waals surface area contributed by atoms with Crippen LogP contribution in [0, 0.1) is 19.7 Å². The molecule has 0 aliphatic heterocycles. The third-order valence-electron chi connectivity index (χ3n) is 3.88. The minimum atomic E-state index is -1.15. The number of methoxy groups -OCH3 is 1. The van der Waals surface area contributed by atoms with Crippen LogP contribution in [0.4, 0.5) is 4.39 Å². The molecule has 0 aliphatic carbocycles. The highest BCUT2D eigenvalue weighted by molar-refractivity contribution is 6.33. The predicted octanol–water partition coefficient (Wildman–Crippen LogP) is 3.64. The first-order chi connectivity index (χ1) is 12.2. The largest absolute Gasteiger partial charge is 0.465 e. The summed E-state index contributed by atoms with van der Waals surface area (Å²) in [5.41, 5.74) is 1.23. The second-order valence-corrected chi connectivity index (χ2v) is 6.06. The van der Waals surface area contributed by atoms with Gasteiger partial charge in [0.1, 0.15) is 5.82 Å². The van der Waals surface area contributed by atoms with E-state index in [1.165, 1.54) is 20.1 Å². The fraction of sp³-hybridized carbons (Fsp3) is 0.278. The zero-order valence-electron chi connectivity index (χ0n) is 14.6. The number of ketones is 1. The van der Waals surface area contributed by atoms with E-state index in [4.69, 9.17) is 21.1 Å². The normalized spacial score (nSPS) is 11.8. The lowest BCUT2D eigenvalue weighted by Crippen LogP contribution is -2.25. The Kier molecular flexibility index (Phi) is 5.82. The Bertz CT molecular complexity index is 890. The number of H-pyrrole nitrogens is 1. The Morgan fingerprint density at radius 1 is 1.19 bits per heavy atom. The number of benzene rings is 1. The van der Waals surface area contributed by atoms with Crippen LogP contribution in [0.3, 0.4) is 0 Å². The molecule has 26 heavy (non-hydrogen) atoms. The zero-order chi connectivity index (χ0) is 19.6. The van der Waals surface area contributed by atoms with Crippen LogP contribution in [0.25, 0.3) is 0 Å². The predicted molar refractivity (Wildman–Crippen MR) is 92.2 cm³/mol. The van der Waals surface area contributed by atoms with Gasteiger partial charge in [0.05, 0.1) is 29.0 Å². The van der Waals surface area contributed by atoms with Crippen LogP contribution in [-0.4, -0.2) is 35.9 Å². The van der Waals surface area contributed by atoms with E-state index in [0.29, 0.717) is 11.3 Å². The van der Waals surface area contributed by atoms with Crippen LogP contribution in [0.1, 0.15) is 49.4 Å². The number of carbonyl (C=O) groups excluding carboxylic acids is 3. The van der Waals surface area contributed by atoms with Crippen LogP contribution in [0.15, 0.2) is 18.2 Å². The summed E-state index contributed by atoms with van der Waals surface area (Å²) in [5, 5.41) is -0.116. The molecule has 0 radical (unpaired) electrons. The van der Waals surface area contributed by atoms with Crippen LogP contribution >= 0.6 is 11.6 Å². The maximum absolute atomic E-state index is 13.1. The summed E-state index contributed by atoms with van der Waals surface area (Å²) in [5.74, 6) is -2.54. The number of Topliss-reactive ketones (excluding diaryl/α,β-unsaturated/α-hetero) is 1. The molecule has 0 spiro atoms. The Hall–Kier alpha value is -2.67. The molecule has 1 atom stereocenters. The third kappa shape index (κ3) is 3.77.